The van der Waals surface area contributed by atoms with Gasteiger partial charge in [-0.2, -0.15) is 0 Å². The van der Waals surface area contributed by atoms with Gasteiger partial charge in [0.15, 0.2) is 0 Å². The van der Waals surface area contributed by atoms with Gasteiger partial charge in [0.25, 0.3) is 5.91 Å². The van der Waals surface area contributed by atoms with Crippen LogP contribution in [-0.4, -0.2) is 12.5 Å². The fourth-order valence-corrected chi connectivity index (χ4v) is 3.06. The molecule has 1 heterocycles. The molecule has 1 fully saturated rings. The number of rotatable bonds is 1. The van der Waals surface area contributed by atoms with Gasteiger partial charge in [-0.1, -0.05) is 43.5 Å². The Bertz CT molecular complexity index is 484. The Balaban J connectivity index is 1.91. The number of carbonyl (C=O) groups excluding carboxylic acids is 1. The highest BCUT2D eigenvalue weighted by atomic mass is 16.1. The first-order valence-electron chi connectivity index (χ1n) is 6.93. The molecule has 2 nitrogen and oxygen atoms in total. The van der Waals surface area contributed by atoms with Gasteiger partial charge in [0.05, 0.1) is 0 Å². The van der Waals surface area contributed by atoms with Crippen molar-refractivity contribution in [3.63, 3.8) is 0 Å². The first kappa shape index (κ1) is 11.5. The molecule has 1 aliphatic heterocycles. The molecule has 3 rings (SSSR count). The Morgan fingerprint density at radius 1 is 1.06 bits per heavy atom. The second-order valence-corrected chi connectivity index (χ2v) is 5.32. The fourth-order valence-electron chi connectivity index (χ4n) is 3.06. The smallest absolute Gasteiger partial charge is 0.252 e. The third kappa shape index (κ3) is 2.20. The lowest BCUT2D eigenvalue weighted by Gasteiger charge is -2.23. The van der Waals surface area contributed by atoms with E-state index in [1.165, 1.54) is 37.7 Å². The maximum Gasteiger partial charge on any atom is 0.252 e. The van der Waals surface area contributed by atoms with E-state index in [1.54, 1.807) is 0 Å². The van der Waals surface area contributed by atoms with Crippen molar-refractivity contribution in [3.05, 3.63) is 41.5 Å². The molecule has 0 unspecified atom stereocenters. The monoisotopic (exact) mass is 241 g/mol. The largest absolute Gasteiger partial charge is 0.348 e. The Morgan fingerprint density at radius 2 is 1.78 bits per heavy atom. The van der Waals surface area contributed by atoms with E-state index in [1.807, 2.05) is 18.2 Å². The van der Waals surface area contributed by atoms with Crippen LogP contribution in [0.1, 0.15) is 48.0 Å². The van der Waals surface area contributed by atoms with Crippen LogP contribution in [0, 0.1) is 5.92 Å². The number of fused-ring (bicyclic) bond motifs is 1. The SMILES string of the molecule is O=C1NC/C(=C/C2CCCCC2)c2ccccc21. The summed E-state index contributed by atoms with van der Waals surface area (Å²) in [6.45, 7) is 0.687. The molecule has 94 valence electrons. The predicted molar refractivity (Wildman–Crippen MR) is 73.3 cm³/mol. The van der Waals surface area contributed by atoms with Crippen LogP contribution in [-0.2, 0) is 0 Å². The van der Waals surface area contributed by atoms with Crippen molar-refractivity contribution in [3.8, 4) is 0 Å². The number of hydrogen-bond donors (Lipinski definition) is 1. The van der Waals surface area contributed by atoms with Gasteiger partial charge in [-0.05, 0) is 36.0 Å². The first-order valence-corrected chi connectivity index (χ1v) is 6.93. The van der Waals surface area contributed by atoms with E-state index in [-0.39, 0.29) is 5.91 Å². The minimum absolute atomic E-state index is 0.0615. The number of allylic oxidation sites excluding steroid dienone is 1. The molecule has 1 saturated carbocycles. The summed E-state index contributed by atoms with van der Waals surface area (Å²) >= 11 is 0. The summed E-state index contributed by atoms with van der Waals surface area (Å²) in [7, 11) is 0. The predicted octanol–water partition coefficient (Wildman–Crippen LogP) is 3.39. The van der Waals surface area contributed by atoms with Crippen LogP contribution in [0.25, 0.3) is 5.57 Å². The van der Waals surface area contributed by atoms with Gasteiger partial charge in [-0.15, -0.1) is 0 Å². The normalized spacial score (nSPS) is 22.7. The van der Waals surface area contributed by atoms with Crippen molar-refractivity contribution in [2.75, 3.05) is 6.54 Å². The van der Waals surface area contributed by atoms with Crippen LogP contribution >= 0.6 is 0 Å². The van der Waals surface area contributed by atoms with E-state index in [0.717, 1.165) is 11.1 Å². The zero-order valence-corrected chi connectivity index (χ0v) is 10.6. The van der Waals surface area contributed by atoms with Crippen LogP contribution in [0.4, 0.5) is 0 Å². The molecule has 2 aliphatic rings. The van der Waals surface area contributed by atoms with E-state index in [0.29, 0.717) is 12.5 Å². The van der Waals surface area contributed by atoms with Crippen LogP contribution in [0.2, 0.25) is 0 Å². The van der Waals surface area contributed by atoms with Gasteiger partial charge in [0.1, 0.15) is 0 Å². The second kappa shape index (κ2) is 4.97. The van der Waals surface area contributed by atoms with E-state index in [2.05, 4.69) is 17.5 Å². The molecule has 18 heavy (non-hydrogen) atoms. The molecule has 1 amide bonds. The van der Waals surface area contributed by atoms with Crippen molar-refractivity contribution < 1.29 is 4.79 Å². The summed E-state index contributed by atoms with van der Waals surface area (Å²) in [5.41, 5.74) is 3.26. The summed E-state index contributed by atoms with van der Waals surface area (Å²) in [5, 5.41) is 2.97. The van der Waals surface area contributed by atoms with Gasteiger partial charge in [-0.3, -0.25) is 4.79 Å². The highest BCUT2D eigenvalue weighted by molar-refractivity contribution is 6.02. The number of carbonyl (C=O) groups is 1. The molecule has 0 bridgehead atoms. The van der Waals surface area contributed by atoms with Crippen molar-refractivity contribution in [1.82, 2.24) is 5.32 Å². The molecule has 1 aromatic rings. The Hall–Kier alpha value is -1.57. The number of nitrogens with one attached hydrogen (secondary N) is 1. The molecule has 2 heteroatoms. The van der Waals surface area contributed by atoms with Crippen LogP contribution in [0.15, 0.2) is 30.3 Å². The maximum atomic E-state index is 11.8. The van der Waals surface area contributed by atoms with Crippen LogP contribution < -0.4 is 5.32 Å². The molecular formula is C16H19NO. The summed E-state index contributed by atoms with van der Waals surface area (Å²) in [4.78, 5) is 11.8. The summed E-state index contributed by atoms with van der Waals surface area (Å²) in [5.74, 6) is 0.767. The fraction of sp³-hybridized carbons (Fsp3) is 0.438. The lowest BCUT2D eigenvalue weighted by atomic mass is 9.85. The highest BCUT2D eigenvalue weighted by Crippen LogP contribution is 2.30. The van der Waals surface area contributed by atoms with Crippen molar-refractivity contribution in [1.29, 1.82) is 0 Å². The van der Waals surface area contributed by atoms with E-state index in [9.17, 15) is 4.79 Å². The molecule has 1 aliphatic carbocycles. The van der Waals surface area contributed by atoms with E-state index < -0.39 is 0 Å². The number of amides is 1. The second-order valence-electron chi connectivity index (χ2n) is 5.32. The van der Waals surface area contributed by atoms with Gasteiger partial charge in [0, 0.05) is 12.1 Å². The maximum absolute atomic E-state index is 11.8. The van der Waals surface area contributed by atoms with E-state index >= 15 is 0 Å². The standard InChI is InChI=1S/C16H19NO/c18-16-15-9-5-4-8-14(15)13(11-17-16)10-12-6-2-1-3-7-12/h4-5,8-10,12H,1-3,6-7,11H2,(H,17,18)/b13-10-. The molecule has 0 spiro atoms. The average molecular weight is 241 g/mol. The first-order chi connectivity index (χ1) is 8.84. The lowest BCUT2D eigenvalue weighted by molar-refractivity contribution is 0.0955. The Kier molecular flexibility index (Phi) is 3.18. The quantitative estimate of drug-likeness (QED) is 0.802. The lowest BCUT2D eigenvalue weighted by Crippen LogP contribution is -2.31. The van der Waals surface area contributed by atoms with Crippen molar-refractivity contribution in [2.45, 2.75) is 32.1 Å². The minimum atomic E-state index is 0.0615. The third-order valence-electron chi connectivity index (χ3n) is 4.04. The molecule has 1 aromatic carbocycles. The van der Waals surface area contributed by atoms with Gasteiger partial charge < -0.3 is 5.32 Å². The highest BCUT2D eigenvalue weighted by Gasteiger charge is 2.21. The molecule has 1 N–H and O–H groups in total. The topological polar surface area (TPSA) is 29.1 Å². The Morgan fingerprint density at radius 3 is 2.56 bits per heavy atom. The summed E-state index contributed by atoms with van der Waals surface area (Å²) in [6, 6.07) is 7.94. The average Bonchev–Trinajstić information content (AvgIpc) is 2.44. The molecule has 0 atom stereocenters. The molecule has 0 aromatic heterocycles. The van der Waals surface area contributed by atoms with Gasteiger partial charge in [0.2, 0.25) is 0 Å². The number of hydrogen-bond acceptors (Lipinski definition) is 1. The zero-order valence-electron chi connectivity index (χ0n) is 10.6. The minimum Gasteiger partial charge on any atom is -0.348 e. The third-order valence-corrected chi connectivity index (χ3v) is 4.04. The van der Waals surface area contributed by atoms with Crippen LogP contribution in [0.5, 0.6) is 0 Å². The van der Waals surface area contributed by atoms with Crippen molar-refractivity contribution in [2.24, 2.45) is 5.92 Å². The van der Waals surface area contributed by atoms with E-state index in [4.69, 9.17) is 0 Å². The summed E-state index contributed by atoms with van der Waals surface area (Å²) in [6.07, 6.45) is 9.09. The van der Waals surface area contributed by atoms with Gasteiger partial charge >= 0.3 is 0 Å². The Labute approximate surface area is 108 Å². The molecular weight excluding hydrogens is 222 g/mol. The zero-order chi connectivity index (χ0) is 12.4. The van der Waals surface area contributed by atoms with Crippen LogP contribution in [0.3, 0.4) is 0 Å². The summed E-state index contributed by atoms with van der Waals surface area (Å²) < 4.78 is 0. The number of benzene rings is 1. The van der Waals surface area contributed by atoms with Gasteiger partial charge in [-0.25, -0.2) is 0 Å². The molecule has 0 saturated heterocycles. The van der Waals surface area contributed by atoms with Crippen molar-refractivity contribution >= 4 is 11.5 Å². The molecule has 0 radical (unpaired) electrons.